The summed E-state index contributed by atoms with van der Waals surface area (Å²) in [6, 6.07) is 8.24. The molecule has 0 radical (unpaired) electrons. The summed E-state index contributed by atoms with van der Waals surface area (Å²) in [4.78, 5) is 18.0. The standard InChI is InChI=1S/C14H15NO2S2/c1-4-18-11-7-5-10(6-8-11)13-15-12(9(2)19-13)14(16)17-3/h5-8H,4H2,1-3H3. The Bertz CT molecular complexity index is 576. The van der Waals surface area contributed by atoms with Crippen LogP contribution in [-0.2, 0) is 4.74 Å². The molecule has 0 N–H and O–H groups in total. The van der Waals surface area contributed by atoms with Crippen LogP contribution in [0.2, 0.25) is 0 Å². The van der Waals surface area contributed by atoms with Gasteiger partial charge in [0.1, 0.15) is 5.01 Å². The molecule has 0 unspecified atom stereocenters. The number of hydrogen-bond acceptors (Lipinski definition) is 5. The second-order valence-corrected chi connectivity index (χ2v) is 6.41. The van der Waals surface area contributed by atoms with E-state index in [0.717, 1.165) is 21.2 Å². The minimum Gasteiger partial charge on any atom is -0.464 e. The molecule has 0 amide bonds. The van der Waals surface area contributed by atoms with Crippen molar-refractivity contribution in [2.24, 2.45) is 0 Å². The average molecular weight is 293 g/mol. The summed E-state index contributed by atoms with van der Waals surface area (Å²) in [5.41, 5.74) is 1.44. The van der Waals surface area contributed by atoms with E-state index in [9.17, 15) is 4.79 Å². The number of thioether (sulfide) groups is 1. The molecule has 0 fully saturated rings. The topological polar surface area (TPSA) is 39.2 Å². The van der Waals surface area contributed by atoms with Crippen molar-refractivity contribution in [3.05, 3.63) is 34.8 Å². The van der Waals surface area contributed by atoms with Crippen LogP contribution in [0.4, 0.5) is 0 Å². The van der Waals surface area contributed by atoms with Crippen LogP contribution in [0.3, 0.4) is 0 Å². The van der Waals surface area contributed by atoms with Crippen LogP contribution in [0.25, 0.3) is 10.6 Å². The lowest BCUT2D eigenvalue weighted by molar-refractivity contribution is 0.0594. The van der Waals surface area contributed by atoms with Gasteiger partial charge in [0.05, 0.1) is 7.11 Å². The fourth-order valence-electron chi connectivity index (χ4n) is 1.67. The van der Waals surface area contributed by atoms with Gasteiger partial charge < -0.3 is 4.74 Å². The number of rotatable bonds is 4. The van der Waals surface area contributed by atoms with Crippen LogP contribution in [0.1, 0.15) is 22.3 Å². The summed E-state index contributed by atoms with van der Waals surface area (Å²) in [5.74, 6) is 0.681. The molecule has 1 aromatic heterocycles. The molecular weight excluding hydrogens is 278 g/mol. The number of aryl methyl sites for hydroxylation is 1. The summed E-state index contributed by atoms with van der Waals surface area (Å²) < 4.78 is 4.72. The molecule has 0 aliphatic heterocycles. The second kappa shape index (κ2) is 6.21. The predicted octanol–water partition coefficient (Wildman–Crippen LogP) is 4.02. The molecular formula is C14H15NO2S2. The SMILES string of the molecule is CCSc1ccc(-c2nc(C(=O)OC)c(C)s2)cc1. The number of carbonyl (C=O) groups excluding carboxylic acids is 1. The Morgan fingerprint density at radius 2 is 2.05 bits per heavy atom. The van der Waals surface area contributed by atoms with Gasteiger partial charge in [0.25, 0.3) is 0 Å². The van der Waals surface area contributed by atoms with E-state index in [1.54, 1.807) is 11.8 Å². The van der Waals surface area contributed by atoms with E-state index >= 15 is 0 Å². The van der Waals surface area contributed by atoms with Crippen molar-refractivity contribution < 1.29 is 9.53 Å². The zero-order valence-corrected chi connectivity index (χ0v) is 12.7. The monoisotopic (exact) mass is 293 g/mol. The molecule has 1 heterocycles. The molecule has 19 heavy (non-hydrogen) atoms. The third-order valence-electron chi connectivity index (χ3n) is 2.59. The number of hydrogen-bond donors (Lipinski definition) is 0. The van der Waals surface area contributed by atoms with Crippen molar-refractivity contribution in [3.63, 3.8) is 0 Å². The van der Waals surface area contributed by atoms with Crippen molar-refractivity contribution in [1.29, 1.82) is 0 Å². The first kappa shape index (κ1) is 14.1. The van der Waals surface area contributed by atoms with Crippen LogP contribution in [0.5, 0.6) is 0 Å². The number of nitrogens with zero attached hydrogens (tertiary/aromatic N) is 1. The van der Waals surface area contributed by atoms with E-state index in [1.165, 1.54) is 23.3 Å². The lowest BCUT2D eigenvalue weighted by atomic mass is 10.2. The first-order valence-corrected chi connectivity index (χ1v) is 7.75. The number of carbonyl (C=O) groups is 1. The van der Waals surface area contributed by atoms with Crippen LogP contribution < -0.4 is 0 Å². The van der Waals surface area contributed by atoms with Gasteiger partial charge in [-0.2, -0.15) is 0 Å². The normalized spacial score (nSPS) is 10.5. The Morgan fingerprint density at radius 1 is 1.37 bits per heavy atom. The average Bonchev–Trinajstić information content (AvgIpc) is 2.81. The Kier molecular flexibility index (Phi) is 4.61. The molecule has 100 valence electrons. The minimum absolute atomic E-state index is 0.377. The van der Waals surface area contributed by atoms with E-state index in [4.69, 9.17) is 4.74 Å². The van der Waals surface area contributed by atoms with Crippen LogP contribution in [0, 0.1) is 6.92 Å². The maximum Gasteiger partial charge on any atom is 0.357 e. The minimum atomic E-state index is -0.377. The Labute approximate surface area is 121 Å². The van der Waals surface area contributed by atoms with E-state index < -0.39 is 0 Å². The smallest absolute Gasteiger partial charge is 0.357 e. The molecule has 5 heteroatoms. The van der Waals surface area contributed by atoms with Gasteiger partial charge in [-0.3, -0.25) is 0 Å². The lowest BCUT2D eigenvalue weighted by Gasteiger charge is -2.00. The summed E-state index contributed by atoms with van der Waals surface area (Å²) in [5, 5.41) is 0.853. The predicted molar refractivity (Wildman–Crippen MR) is 80.0 cm³/mol. The van der Waals surface area contributed by atoms with Crippen molar-refractivity contribution in [2.45, 2.75) is 18.7 Å². The molecule has 3 nitrogen and oxygen atoms in total. The molecule has 2 aromatic rings. The molecule has 0 bridgehead atoms. The first-order valence-electron chi connectivity index (χ1n) is 5.94. The highest BCUT2D eigenvalue weighted by Crippen LogP contribution is 2.29. The van der Waals surface area contributed by atoms with Gasteiger partial charge in [0.15, 0.2) is 5.69 Å². The van der Waals surface area contributed by atoms with Gasteiger partial charge in [0, 0.05) is 15.3 Å². The van der Waals surface area contributed by atoms with Crippen LogP contribution in [-0.4, -0.2) is 23.8 Å². The summed E-state index contributed by atoms with van der Waals surface area (Å²) in [6.07, 6.45) is 0. The van der Waals surface area contributed by atoms with Crippen molar-refractivity contribution in [2.75, 3.05) is 12.9 Å². The molecule has 0 saturated heterocycles. The van der Waals surface area contributed by atoms with Crippen LogP contribution >= 0.6 is 23.1 Å². The third-order valence-corrected chi connectivity index (χ3v) is 4.50. The van der Waals surface area contributed by atoms with E-state index in [2.05, 4.69) is 24.0 Å². The van der Waals surface area contributed by atoms with Crippen molar-refractivity contribution >= 4 is 29.1 Å². The molecule has 2 rings (SSSR count). The number of thiazole rings is 1. The maximum absolute atomic E-state index is 11.5. The summed E-state index contributed by atoms with van der Waals surface area (Å²) in [7, 11) is 1.37. The quantitative estimate of drug-likeness (QED) is 0.630. The zero-order valence-electron chi connectivity index (χ0n) is 11.1. The van der Waals surface area contributed by atoms with E-state index in [1.807, 2.05) is 19.1 Å². The molecule has 0 atom stereocenters. The highest BCUT2D eigenvalue weighted by molar-refractivity contribution is 7.99. The number of esters is 1. The second-order valence-electron chi connectivity index (χ2n) is 3.87. The molecule has 0 saturated carbocycles. The molecule has 0 aliphatic rings. The van der Waals surface area contributed by atoms with Gasteiger partial charge in [-0.25, -0.2) is 9.78 Å². The number of methoxy groups -OCH3 is 1. The van der Waals surface area contributed by atoms with E-state index in [-0.39, 0.29) is 5.97 Å². The van der Waals surface area contributed by atoms with Crippen molar-refractivity contribution in [1.82, 2.24) is 4.98 Å². The van der Waals surface area contributed by atoms with Gasteiger partial charge in [-0.05, 0) is 24.8 Å². The summed E-state index contributed by atoms with van der Waals surface area (Å²) in [6.45, 7) is 4.01. The van der Waals surface area contributed by atoms with Crippen molar-refractivity contribution in [3.8, 4) is 10.6 Å². The Balaban J connectivity index is 2.29. The maximum atomic E-state index is 11.5. The number of aromatic nitrogens is 1. The largest absolute Gasteiger partial charge is 0.464 e. The fraction of sp³-hybridized carbons (Fsp3) is 0.286. The van der Waals surface area contributed by atoms with Gasteiger partial charge >= 0.3 is 5.97 Å². The van der Waals surface area contributed by atoms with E-state index in [0.29, 0.717) is 5.69 Å². The zero-order chi connectivity index (χ0) is 13.8. The summed E-state index contributed by atoms with van der Waals surface area (Å²) >= 11 is 3.32. The Morgan fingerprint density at radius 3 is 2.63 bits per heavy atom. The highest BCUT2D eigenvalue weighted by atomic mass is 32.2. The van der Waals surface area contributed by atoms with Crippen LogP contribution in [0.15, 0.2) is 29.2 Å². The lowest BCUT2D eigenvalue weighted by Crippen LogP contribution is -2.03. The van der Waals surface area contributed by atoms with Gasteiger partial charge in [-0.15, -0.1) is 23.1 Å². The van der Waals surface area contributed by atoms with Gasteiger partial charge in [-0.1, -0.05) is 19.1 Å². The third kappa shape index (κ3) is 3.16. The number of benzene rings is 1. The molecule has 0 spiro atoms. The molecule has 0 aliphatic carbocycles. The Hall–Kier alpha value is -1.33. The highest BCUT2D eigenvalue weighted by Gasteiger charge is 2.16. The number of ether oxygens (including phenoxy) is 1. The molecule has 1 aromatic carbocycles. The first-order chi connectivity index (χ1) is 9.15. The van der Waals surface area contributed by atoms with Gasteiger partial charge in [0.2, 0.25) is 0 Å². The fourth-order valence-corrected chi connectivity index (χ4v) is 3.23.